The summed E-state index contributed by atoms with van der Waals surface area (Å²) in [7, 11) is 1.78. The largest absolute Gasteiger partial charge is 0.377 e. The summed E-state index contributed by atoms with van der Waals surface area (Å²) in [5, 5.41) is 3.70. The van der Waals surface area contributed by atoms with Gasteiger partial charge in [-0.3, -0.25) is 0 Å². The molecular formula is C13H26N2O2. The second kappa shape index (κ2) is 6.14. The zero-order valence-electron chi connectivity index (χ0n) is 11.0. The van der Waals surface area contributed by atoms with E-state index >= 15 is 0 Å². The van der Waals surface area contributed by atoms with Gasteiger partial charge in [-0.05, 0) is 39.0 Å². The van der Waals surface area contributed by atoms with E-state index in [4.69, 9.17) is 15.2 Å². The summed E-state index contributed by atoms with van der Waals surface area (Å²) in [5.74, 6) is 0. The Bertz CT molecular complexity index is 229. The lowest BCUT2D eigenvalue weighted by molar-refractivity contribution is -0.133. The Labute approximate surface area is 104 Å². The van der Waals surface area contributed by atoms with Crippen LogP contribution in [0.25, 0.3) is 0 Å². The van der Waals surface area contributed by atoms with Gasteiger partial charge in [0.2, 0.25) is 0 Å². The number of hydrogen-bond acceptors (Lipinski definition) is 4. The lowest BCUT2D eigenvalue weighted by atomic mass is 9.83. The number of methoxy groups -OCH3 is 1. The van der Waals surface area contributed by atoms with Crippen LogP contribution in [0.5, 0.6) is 0 Å². The predicted octanol–water partition coefficient (Wildman–Crippen LogP) is 1.04. The molecule has 4 nitrogen and oxygen atoms in total. The van der Waals surface area contributed by atoms with Gasteiger partial charge >= 0.3 is 0 Å². The Morgan fingerprint density at radius 3 is 2.53 bits per heavy atom. The lowest BCUT2D eigenvalue weighted by Crippen LogP contribution is -2.62. The topological polar surface area (TPSA) is 56.5 Å². The number of rotatable bonds is 5. The molecule has 0 radical (unpaired) electrons. The maximum absolute atomic E-state index is 5.92. The Morgan fingerprint density at radius 2 is 1.94 bits per heavy atom. The summed E-state index contributed by atoms with van der Waals surface area (Å²) in [4.78, 5) is 0. The first-order valence-electron chi connectivity index (χ1n) is 6.90. The SMILES string of the molecule is CCOC1CC(NC2CCC(N)CC2)C1OC. The van der Waals surface area contributed by atoms with Crippen LogP contribution >= 0.6 is 0 Å². The molecule has 4 heteroatoms. The quantitative estimate of drug-likeness (QED) is 0.756. The molecule has 3 unspecified atom stereocenters. The highest BCUT2D eigenvalue weighted by Crippen LogP contribution is 2.29. The van der Waals surface area contributed by atoms with Gasteiger partial charge in [0.25, 0.3) is 0 Å². The number of hydrogen-bond donors (Lipinski definition) is 2. The van der Waals surface area contributed by atoms with Crippen molar-refractivity contribution in [2.45, 2.75) is 69.4 Å². The zero-order chi connectivity index (χ0) is 12.3. The molecule has 0 heterocycles. The molecule has 3 N–H and O–H groups in total. The third-order valence-electron chi connectivity index (χ3n) is 4.12. The minimum atomic E-state index is 0.227. The van der Waals surface area contributed by atoms with Crippen LogP contribution in [-0.4, -0.2) is 44.1 Å². The van der Waals surface area contributed by atoms with Gasteiger partial charge in [-0.1, -0.05) is 0 Å². The van der Waals surface area contributed by atoms with E-state index in [0.717, 1.165) is 25.9 Å². The Hall–Kier alpha value is -0.160. The van der Waals surface area contributed by atoms with Crippen molar-refractivity contribution in [1.82, 2.24) is 5.32 Å². The summed E-state index contributed by atoms with van der Waals surface area (Å²) in [6, 6.07) is 1.51. The van der Waals surface area contributed by atoms with E-state index in [0.29, 0.717) is 18.1 Å². The Balaban J connectivity index is 1.73. The molecule has 2 saturated carbocycles. The molecule has 0 saturated heterocycles. The summed E-state index contributed by atoms with van der Waals surface area (Å²) in [6.07, 6.45) is 6.29. The van der Waals surface area contributed by atoms with E-state index in [1.54, 1.807) is 7.11 Å². The smallest absolute Gasteiger partial charge is 0.0986 e. The molecular weight excluding hydrogens is 216 g/mol. The van der Waals surface area contributed by atoms with Crippen LogP contribution in [0.3, 0.4) is 0 Å². The molecule has 0 aromatic heterocycles. The summed E-state index contributed by atoms with van der Waals surface area (Å²) in [5.41, 5.74) is 5.92. The first-order valence-corrected chi connectivity index (χ1v) is 6.90. The molecule has 2 fully saturated rings. The van der Waals surface area contributed by atoms with Crippen molar-refractivity contribution in [2.75, 3.05) is 13.7 Å². The van der Waals surface area contributed by atoms with Crippen LogP contribution in [0.4, 0.5) is 0 Å². The summed E-state index contributed by atoms with van der Waals surface area (Å²) in [6.45, 7) is 2.81. The minimum Gasteiger partial charge on any atom is -0.377 e. The molecule has 3 atom stereocenters. The maximum Gasteiger partial charge on any atom is 0.0986 e. The summed E-state index contributed by atoms with van der Waals surface area (Å²) < 4.78 is 11.1. The van der Waals surface area contributed by atoms with E-state index < -0.39 is 0 Å². The van der Waals surface area contributed by atoms with Gasteiger partial charge in [0, 0.05) is 31.8 Å². The number of nitrogens with two attached hydrogens (primary N) is 1. The predicted molar refractivity (Wildman–Crippen MR) is 68.0 cm³/mol. The molecule has 0 aliphatic heterocycles. The fourth-order valence-corrected chi connectivity index (χ4v) is 3.03. The Morgan fingerprint density at radius 1 is 1.24 bits per heavy atom. The van der Waals surface area contributed by atoms with Crippen LogP contribution in [-0.2, 0) is 9.47 Å². The van der Waals surface area contributed by atoms with Crippen molar-refractivity contribution >= 4 is 0 Å². The maximum atomic E-state index is 5.92. The van der Waals surface area contributed by atoms with Crippen molar-refractivity contribution in [1.29, 1.82) is 0 Å². The van der Waals surface area contributed by atoms with Crippen LogP contribution < -0.4 is 11.1 Å². The van der Waals surface area contributed by atoms with Gasteiger partial charge in [-0.15, -0.1) is 0 Å². The van der Waals surface area contributed by atoms with E-state index in [1.165, 1.54) is 12.8 Å². The van der Waals surface area contributed by atoms with Crippen molar-refractivity contribution in [3.8, 4) is 0 Å². The third kappa shape index (κ3) is 3.19. The zero-order valence-corrected chi connectivity index (χ0v) is 11.0. The fraction of sp³-hybridized carbons (Fsp3) is 1.00. The molecule has 100 valence electrons. The normalized spacial score (nSPS) is 42.2. The molecule has 0 aromatic carbocycles. The third-order valence-corrected chi connectivity index (χ3v) is 4.12. The van der Waals surface area contributed by atoms with E-state index in [9.17, 15) is 0 Å². The van der Waals surface area contributed by atoms with Crippen molar-refractivity contribution in [2.24, 2.45) is 5.73 Å². The van der Waals surface area contributed by atoms with Crippen LogP contribution in [0.1, 0.15) is 39.0 Å². The van der Waals surface area contributed by atoms with Gasteiger partial charge in [0.05, 0.1) is 12.2 Å². The first-order chi connectivity index (χ1) is 8.24. The van der Waals surface area contributed by atoms with Gasteiger partial charge in [-0.25, -0.2) is 0 Å². The Kier molecular flexibility index (Phi) is 4.79. The second-order valence-electron chi connectivity index (χ2n) is 5.31. The minimum absolute atomic E-state index is 0.227. The molecule has 2 aliphatic carbocycles. The fourth-order valence-electron chi connectivity index (χ4n) is 3.03. The van der Waals surface area contributed by atoms with Gasteiger partial charge in [0.15, 0.2) is 0 Å². The van der Waals surface area contributed by atoms with Gasteiger partial charge in [0.1, 0.15) is 0 Å². The van der Waals surface area contributed by atoms with Crippen molar-refractivity contribution in [3.05, 3.63) is 0 Å². The number of ether oxygens (including phenoxy) is 2. The molecule has 0 bridgehead atoms. The second-order valence-corrected chi connectivity index (χ2v) is 5.31. The van der Waals surface area contributed by atoms with Gasteiger partial charge < -0.3 is 20.5 Å². The van der Waals surface area contributed by atoms with Crippen molar-refractivity contribution in [3.63, 3.8) is 0 Å². The van der Waals surface area contributed by atoms with E-state index in [1.807, 2.05) is 6.92 Å². The standard InChI is InChI=1S/C13H26N2O2/c1-3-17-12-8-11(13(12)16-2)15-10-6-4-9(14)5-7-10/h9-13,15H,3-8,14H2,1-2H3. The van der Waals surface area contributed by atoms with E-state index in [-0.39, 0.29) is 12.2 Å². The molecule has 0 aromatic rings. The highest BCUT2D eigenvalue weighted by atomic mass is 16.5. The average molecular weight is 242 g/mol. The molecule has 2 rings (SSSR count). The first kappa shape index (κ1) is 13.3. The molecule has 0 amide bonds. The van der Waals surface area contributed by atoms with Crippen LogP contribution in [0, 0.1) is 0 Å². The monoisotopic (exact) mass is 242 g/mol. The highest BCUT2D eigenvalue weighted by molar-refractivity contribution is 4.99. The van der Waals surface area contributed by atoms with Crippen LogP contribution in [0.2, 0.25) is 0 Å². The molecule has 17 heavy (non-hydrogen) atoms. The van der Waals surface area contributed by atoms with E-state index in [2.05, 4.69) is 5.32 Å². The lowest BCUT2D eigenvalue weighted by Gasteiger charge is -2.45. The van der Waals surface area contributed by atoms with Gasteiger partial charge in [-0.2, -0.15) is 0 Å². The molecule has 2 aliphatic rings. The average Bonchev–Trinajstić information content (AvgIpc) is 2.30. The molecule has 0 spiro atoms. The summed E-state index contributed by atoms with van der Waals surface area (Å²) >= 11 is 0. The van der Waals surface area contributed by atoms with Crippen molar-refractivity contribution < 1.29 is 9.47 Å². The highest BCUT2D eigenvalue weighted by Gasteiger charge is 2.42. The van der Waals surface area contributed by atoms with Crippen LogP contribution in [0.15, 0.2) is 0 Å². The number of nitrogens with one attached hydrogen (secondary N) is 1.